The zero-order valence-electron chi connectivity index (χ0n) is 5.38. The van der Waals surface area contributed by atoms with Gasteiger partial charge in [-0.3, -0.25) is 4.31 Å². The number of nitrogens with zero attached hydrogens (tertiary/aromatic N) is 1. The minimum absolute atomic E-state index is 0.760. The fraction of sp³-hybridized carbons (Fsp3) is 1.00. The Morgan fingerprint density at radius 2 is 2.44 bits per heavy atom. The van der Waals surface area contributed by atoms with E-state index in [1.165, 1.54) is 19.5 Å². The highest BCUT2D eigenvalue weighted by Gasteiger charge is 2.34. The molecule has 0 saturated carbocycles. The van der Waals surface area contributed by atoms with Gasteiger partial charge in [0.1, 0.15) is 0 Å². The maximum Gasteiger partial charge on any atom is 0.0245 e. The van der Waals surface area contributed by atoms with Gasteiger partial charge in [-0.2, -0.15) is 0 Å². The lowest BCUT2D eigenvalue weighted by atomic mass is 9.86. The average Bonchev–Trinajstić information content (AvgIpc) is 1.78. The highest BCUT2D eigenvalue weighted by atomic mass is 32.1. The molecule has 2 atom stereocenters. The van der Waals surface area contributed by atoms with Gasteiger partial charge in [-0.15, -0.1) is 0 Å². The summed E-state index contributed by atoms with van der Waals surface area (Å²) in [7, 11) is 0. The molecule has 0 bridgehead atoms. The van der Waals surface area contributed by atoms with Gasteiger partial charge in [0.15, 0.2) is 0 Å². The second-order valence-electron chi connectivity index (χ2n) is 2.98. The van der Waals surface area contributed by atoms with Crippen molar-refractivity contribution < 1.29 is 0 Å². The highest BCUT2D eigenvalue weighted by Crippen LogP contribution is 2.24. The normalized spacial score (nSPS) is 43.7. The van der Waals surface area contributed by atoms with Crippen molar-refractivity contribution in [1.29, 1.82) is 0 Å². The number of rotatable bonds is 0. The van der Waals surface area contributed by atoms with Crippen LogP contribution in [0.2, 0.25) is 0 Å². The molecule has 2 unspecified atom stereocenters. The standard InChI is InChI=1S/C6H12N2S/c9-8-2-1-5-3-7-6(5)4-8/h5-7,9H,1-4H2. The Kier molecular flexibility index (Phi) is 1.43. The second-order valence-corrected chi connectivity index (χ2v) is 3.54. The van der Waals surface area contributed by atoms with Gasteiger partial charge in [0.05, 0.1) is 0 Å². The number of piperidine rings is 1. The summed E-state index contributed by atoms with van der Waals surface area (Å²) in [6.07, 6.45) is 1.33. The number of hydrogen-bond acceptors (Lipinski definition) is 3. The van der Waals surface area contributed by atoms with Crippen molar-refractivity contribution in [2.24, 2.45) is 5.92 Å². The largest absolute Gasteiger partial charge is 0.312 e. The molecular weight excluding hydrogens is 132 g/mol. The molecule has 3 heteroatoms. The highest BCUT2D eigenvalue weighted by molar-refractivity contribution is 7.77. The average molecular weight is 144 g/mol. The van der Waals surface area contributed by atoms with Gasteiger partial charge in [-0.05, 0) is 18.9 Å². The summed E-state index contributed by atoms with van der Waals surface area (Å²) in [4.78, 5) is 0. The summed E-state index contributed by atoms with van der Waals surface area (Å²) in [6.45, 7) is 3.55. The lowest BCUT2D eigenvalue weighted by Crippen LogP contribution is -2.60. The fourth-order valence-electron chi connectivity index (χ4n) is 1.60. The van der Waals surface area contributed by atoms with Gasteiger partial charge < -0.3 is 5.32 Å². The van der Waals surface area contributed by atoms with Crippen LogP contribution in [0, 0.1) is 5.92 Å². The Morgan fingerprint density at radius 3 is 2.89 bits per heavy atom. The first-order valence-corrected chi connectivity index (χ1v) is 3.93. The lowest BCUT2D eigenvalue weighted by molar-refractivity contribution is 0.140. The molecule has 0 spiro atoms. The zero-order chi connectivity index (χ0) is 6.27. The molecule has 0 aromatic heterocycles. The van der Waals surface area contributed by atoms with Gasteiger partial charge in [0, 0.05) is 19.1 Å². The van der Waals surface area contributed by atoms with Gasteiger partial charge in [0.25, 0.3) is 0 Å². The van der Waals surface area contributed by atoms with E-state index < -0.39 is 0 Å². The van der Waals surface area contributed by atoms with Crippen LogP contribution in [-0.2, 0) is 0 Å². The molecule has 2 aliphatic heterocycles. The molecule has 2 heterocycles. The number of thiol groups is 1. The molecule has 1 N–H and O–H groups in total. The Balaban J connectivity index is 1.92. The molecule has 0 aromatic carbocycles. The van der Waals surface area contributed by atoms with E-state index in [1.54, 1.807) is 0 Å². The van der Waals surface area contributed by atoms with Crippen LogP contribution < -0.4 is 5.32 Å². The molecule has 9 heavy (non-hydrogen) atoms. The summed E-state index contributed by atoms with van der Waals surface area (Å²) < 4.78 is 2.10. The summed E-state index contributed by atoms with van der Waals surface area (Å²) >= 11 is 4.29. The van der Waals surface area contributed by atoms with E-state index in [9.17, 15) is 0 Å². The Labute approximate surface area is 61.2 Å². The smallest absolute Gasteiger partial charge is 0.0245 e. The molecule has 2 rings (SSSR count). The van der Waals surface area contributed by atoms with Crippen molar-refractivity contribution in [2.75, 3.05) is 19.6 Å². The van der Waals surface area contributed by atoms with Gasteiger partial charge >= 0.3 is 0 Å². The Hall–Kier alpha value is 0.270. The topological polar surface area (TPSA) is 15.3 Å². The Morgan fingerprint density at radius 1 is 1.56 bits per heavy atom. The van der Waals surface area contributed by atoms with Crippen molar-refractivity contribution in [3.8, 4) is 0 Å². The van der Waals surface area contributed by atoms with E-state index in [0.29, 0.717) is 0 Å². The first-order chi connectivity index (χ1) is 4.36. The fourth-order valence-corrected chi connectivity index (χ4v) is 1.89. The third-order valence-electron chi connectivity index (χ3n) is 2.38. The first-order valence-electron chi connectivity index (χ1n) is 3.53. The van der Waals surface area contributed by atoms with E-state index in [4.69, 9.17) is 0 Å². The van der Waals surface area contributed by atoms with Crippen LogP contribution in [0.1, 0.15) is 6.42 Å². The number of nitrogens with one attached hydrogen (secondary N) is 1. The van der Waals surface area contributed by atoms with E-state index in [0.717, 1.165) is 18.5 Å². The molecule has 0 amide bonds. The van der Waals surface area contributed by atoms with Gasteiger partial charge in [-0.25, -0.2) is 0 Å². The molecular formula is C6H12N2S. The predicted molar refractivity (Wildman–Crippen MR) is 40.5 cm³/mol. The minimum atomic E-state index is 0.760. The van der Waals surface area contributed by atoms with E-state index >= 15 is 0 Å². The third kappa shape index (κ3) is 0.974. The third-order valence-corrected chi connectivity index (χ3v) is 2.74. The second kappa shape index (κ2) is 2.15. The van der Waals surface area contributed by atoms with E-state index in [-0.39, 0.29) is 0 Å². The van der Waals surface area contributed by atoms with Crippen molar-refractivity contribution in [3.63, 3.8) is 0 Å². The van der Waals surface area contributed by atoms with Crippen LogP contribution in [0.15, 0.2) is 0 Å². The van der Waals surface area contributed by atoms with Crippen LogP contribution in [-0.4, -0.2) is 30.0 Å². The molecule has 2 nitrogen and oxygen atoms in total. The summed E-state index contributed by atoms with van der Waals surface area (Å²) in [5.74, 6) is 0.966. The maximum atomic E-state index is 4.29. The summed E-state index contributed by atoms with van der Waals surface area (Å²) in [6, 6.07) is 0.760. The van der Waals surface area contributed by atoms with Crippen molar-refractivity contribution in [3.05, 3.63) is 0 Å². The summed E-state index contributed by atoms with van der Waals surface area (Å²) in [5, 5.41) is 3.39. The van der Waals surface area contributed by atoms with Crippen LogP contribution in [0.4, 0.5) is 0 Å². The number of hydrogen-bond donors (Lipinski definition) is 2. The van der Waals surface area contributed by atoms with Crippen LogP contribution in [0.25, 0.3) is 0 Å². The molecule has 2 saturated heterocycles. The van der Waals surface area contributed by atoms with Crippen molar-refractivity contribution >= 4 is 12.8 Å². The van der Waals surface area contributed by atoms with Crippen molar-refractivity contribution in [2.45, 2.75) is 12.5 Å². The molecule has 2 aliphatic rings. The molecule has 52 valence electrons. The maximum absolute atomic E-state index is 4.29. The van der Waals surface area contributed by atoms with Crippen LogP contribution in [0.3, 0.4) is 0 Å². The van der Waals surface area contributed by atoms with Gasteiger partial charge in [-0.1, -0.05) is 12.8 Å². The summed E-state index contributed by atoms with van der Waals surface area (Å²) in [5.41, 5.74) is 0. The van der Waals surface area contributed by atoms with Gasteiger partial charge in [0.2, 0.25) is 0 Å². The van der Waals surface area contributed by atoms with Crippen LogP contribution >= 0.6 is 12.8 Å². The molecule has 0 aromatic rings. The Bertz CT molecular complexity index is 118. The minimum Gasteiger partial charge on any atom is -0.312 e. The molecule has 2 fully saturated rings. The molecule has 0 aliphatic carbocycles. The van der Waals surface area contributed by atoms with Crippen molar-refractivity contribution in [1.82, 2.24) is 9.62 Å². The quantitative estimate of drug-likeness (QED) is 0.470. The van der Waals surface area contributed by atoms with E-state index in [2.05, 4.69) is 22.4 Å². The first kappa shape index (κ1) is 6.01. The van der Waals surface area contributed by atoms with Crippen LogP contribution in [0.5, 0.6) is 0 Å². The monoisotopic (exact) mass is 144 g/mol. The predicted octanol–water partition coefficient (Wildman–Crippen LogP) is 0.125. The zero-order valence-corrected chi connectivity index (χ0v) is 6.27. The lowest BCUT2D eigenvalue weighted by Gasteiger charge is -2.44. The number of fused-ring (bicyclic) bond motifs is 1. The van der Waals surface area contributed by atoms with E-state index in [1.807, 2.05) is 0 Å². The molecule has 0 radical (unpaired) electrons. The SMILES string of the molecule is SN1CCC2CNC2C1.